The van der Waals surface area contributed by atoms with Gasteiger partial charge in [0.15, 0.2) is 5.78 Å². The van der Waals surface area contributed by atoms with E-state index in [0.717, 1.165) is 11.1 Å². The molecule has 0 atom stereocenters. The van der Waals surface area contributed by atoms with Crippen LogP contribution in [-0.2, 0) is 11.3 Å². The maximum atomic E-state index is 13.2. The topological polar surface area (TPSA) is 123 Å². The number of ketones is 1. The van der Waals surface area contributed by atoms with Gasteiger partial charge in [-0.2, -0.15) is 5.26 Å². The monoisotopic (exact) mass is 605 g/mol. The molecule has 3 aliphatic heterocycles. The Bertz CT molecular complexity index is 1600. The summed E-state index contributed by atoms with van der Waals surface area (Å²) in [6.45, 7) is 2.80. The van der Waals surface area contributed by atoms with E-state index in [1.165, 1.54) is 0 Å². The van der Waals surface area contributed by atoms with Gasteiger partial charge in [-0.3, -0.25) is 14.5 Å². The number of amides is 4. The zero-order chi connectivity index (χ0) is 31.4. The van der Waals surface area contributed by atoms with E-state index in [9.17, 15) is 19.2 Å². The Kier molecular flexibility index (Phi) is 8.52. The van der Waals surface area contributed by atoms with Crippen LogP contribution in [0.15, 0.2) is 78.9 Å². The Morgan fingerprint density at radius 1 is 0.844 bits per heavy atom. The molecule has 6 rings (SSSR count). The summed E-state index contributed by atoms with van der Waals surface area (Å²) in [7, 11) is 0. The maximum Gasteiger partial charge on any atom is 0.410 e. The normalized spacial score (nSPS) is 17.9. The van der Waals surface area contributed by atoms with Gasteiger partial charge >= 0.3 is 12.1 Å². The SMILES string of the molecule is N#Cc1ccc(NC(=O)N2CCC3(CC2)CN(Cc2ccc(C(=O)N4CCC(C(=O)c5ccccc5)CC4)cc2)C(=O)O3)cc1. The van der Waals surface area contributed by atoms with Crippen molar-refractivity contribution < 1.29 is 23.9 Å². The van der Waals surface area contributed by atoms with E-state index >= 15 is 0 Å². The van der Waals surface area contributed by atoms with Crippen LogP contribution in [0.3, 0.4) is 0 Å². The summed E-state index contributed by atoms with van der Waals surface area (Å²) in [6.07, 6.45) is 2.00. The van der Waals surface area contributed by atoms with Gasteiger partial charge in [0.1, 0.15) is 5.60 Å². The molecule has 3 saturated heterocycles. The molecule has 230 valence electrons. The predicted octanol–water partition coefficient (Wildman–Crippen LogP) is 5.31. The largest absolute Gasteiger partial charge is 0.441 e. The summed E-state index contributed by atoms with van der Waals surface area (Å²) in [5.41, 5.74) is 2.71. The summed E-state index contributed by atoms with van der Waals surface area (Å²) in [4.78, 5) is 56.7. The van der Waals surface area contributed by atoms with E-state index in [4.69, 9.17) is 10.00 Å². The quantitative estimate of drug-likeness (QED) is 0.380. The number of hydrogen-bond acceptors (Lipinski definition) is 6. The fourth-order valence-corrected chi connectivity index (χ4v) is 6.36. The van der Waals surface area contributed by atoms with E-state index in [-0.39, 0.29) is 29.7 Å². The van der Waals surface area contributed by atoms with Crippen molar-refractivity contribution in [1.82, 2.24) is 14.7 Å². The minimum atomic E-state index is -0.633. The van der Waals surface area contributed by atoms with Gasteiger partial charge in [-0.1, -0.05) is 42.5 Å². The molecule has 0 radical (unpaired) electrons. The van der Waals surface area contributed by atoms with Crippen LogP contribution < -0.4 is 5.32 Å². The number of Topliss-reactive ketones (excluding diaryl/α,β-unsaturated/α-hetero) is 1. The molecular formula is C35H35N5O5. The predicted molar refractivity (Wildman–Crippen MR) is 166 cm³/mol. The average molecular weight is 606 g/mol. The van der Waals surface area contributed by atoms with Crippen LogP contribution in [0.1, 0.15) is 57.5 Å². The number of carbonyl (C=O) groups excluding carboxylic acids is 4. The first kappa shape index (κ1) is 29.9. The first-order valence-corrected chi connectivity index (χ1v) is 15.3. The molecule has 0 bridgehead atoms. The number of nitrogens with zero attached hydrogens (tertiary/aromatic N) is 4. The third-order valence-corrected chi connectivity index (χ3v) is 9.05. The summed E-state index contributed by atoms with van der Waals surface area (Å²) >= 11 is 0. The molecular weight excluding hydrogens is 570 g/mol. The van der Waals surface area contributed by atoms with Gasteiger partial charge in [-0.15, -0.1) is 0 Å². The van der Waals surface area contributed by atoms with Crippen LogP contribution in [0.5, 0.6) is 0 Å². The molecule has 0 unspecified atom stereocenters. The Hall–Kier alpha value is -5.17. The molecule has 10 nitrogen and oxygen atoms in total. The number of nitrogens with one attached hydrogen (secondary N) is 1. The highest BCUT2D eigenvalue weighted by molar-refractivity contribution is 5.98. The highest BCUT2D eigenvalue weighted by Gasteiger charge is 2.47. The van der Waals surface area contributed by atoms with Gasteiger partial charge in [0.25, 0.3) is 5.91 Å². The molecule has 4 amide bonds. The molecule has 3 fully saturated rings. The van der Waals surface area contributed by atoms with E-state index in [1.54, 1.807) is 46.2 Å². The number of anilines is 1. The average Bonchev–Trinajstić information content (AvgIpc) is 3.38. The van der Waals surface area contributed by atoms with Gasteiger partial charge < -0.3 is 19.9 Å². The molecule has 1 N–H and O–H groups in total. The maximum absolute atomic E-state index is 13.2. The van der Waals surface area contributed by atoms with Gasteiger partial charge in [0.05, 0.1) is 18.2 Å². The fourth-order valence-electron chi connectivity index (χ4n) is 6.36. The number of hydrogen-bond donors (Lipinski definition) is 1. The minimum absolute atomic E-state index is 0.0540. The molecule has 3 aliphatic rings. The van der Waals surface area contributed by atoms with Crippen molar-refractivity contribution in [1.29, 1.82) is 5.26 Å². The lowest BCUT2D eigenvalue weighted by Crippen LogP contribution is -2.49. The fraction of sp³-hybridized carbons (Fsp3) is 0.343. The molecule has 45 heavy (non-hydrogen) atoms. The Balaban J connectivity index is 0.974. The third kappa shape index (κ3) is 6.68. The van der Waals surface area contributed by atoms with Gasteiger partial charge in [0.2, 0.25) is 0 Å². The van der Waals surface area contributed by atoms with Crippen molar-refractivity contribution in [2.24, 2.45) is 5.92 Å². The zero-order valence-electron chi connectivity index (χ0n) is 25.0. The van der Waals surface area contributed by atoms with Crippen LogP contribution in [0, 0.1) is 17.2 Å². The number of likely N-dealkylation sites (tertiary alicyclic amines) is 2. The van der Waals surface area contributed by atoms with Crippen molar-refractivity contribution in [2.75, 3.05) is 38.0 Å². The molecule has 3 aromatic rings. The number of ether oxygens (including phenoxy) is 1. The second-order valence-corrected chi connectivity index (χ2v) is 12.0. The number of carbonyl (C=O) groups is 4. The number of benzene rings is 3. The van der Waals surface area contributed by atoms with Gasteiger partial charge in [0, 0.05) is 68.3 Å². The first-order valence-electron chi connectivity index (χ1n) is 15.3. The van der Waals surface area contributed by atoms with Crippen LogP contribution in [0.2, 0.25) is 0 Å². The third-order valence-electron chi connectivity index (χ3n) is 9.05. The second kappa shape index (κ2) is 12.8. The molecule has 0 aliphatic carbocycles. The summed E-state index contributed by atoms with van der Waals surface area (Å²) < 4.78 is 5.85. The van der Waals surface area contributed by atoms with E-state index in [1.807, 2.05) is 47.4 Å². The van der Waals surface area contributed by atoms with Crippen LogP contribution in [-0.4, -0.2) is 76.8 Å². The standard InChI is InChI=1S/C35H35N5O5/c36-22-25-8-12-30(13-9-25)37-33(43)39-20-16-35(17-21-39)24-40(34(44)45-35)23-26-6-10-29(11-7-26)32(42)38-18-14-28(15-19-38)31(41)27-4-2-1-3-5-27/h1-13,28H,14-21,23-24H2,(H,37,43). The van der Waals surface area contributed by atoms with Crippen LogP contribution in [0.4, 0.5) is 15.3 Å². The number of urea groups is 1. The van der Waals surface area contributed by atoms with Crippen molar-refractivity contribution in [2.45, 2.75) is 37.8 Å². The van der Waals surface area contributed by atoms with Gasteiger partial charge in [-0.25, -0.2) is 9.59 Å². The van der Waals surface area contributed by atoms with Crippen LogP contribution >= 0.6 is 0 Å². The second-order valence-electron chi connectivity index (χ2n) is 12.0. The van der Waals surface area contributed by atoms with E-state index in [2.05, 4.69) is 11.4 Å². The zero-order valence-corrected chi connectivity index (χ0v) is 25.0. The highest BCUT2D eigenvalue weighted by Crippen LogP contribution is 2.34. The van der Waals surface area contributed by atoms with Gasteiger partial charge in [-0.05, 0) is 54.8 Å². The highest BCUT2D eigenvalue weighted by atomic mass is 16.6. The smallest absolute Gasteiger partial charge is 0.410 e. The lowest BCUT2D eigenvalue weighted by atomic mass is 9.88. The Labute approximate surface area is 262 Å². The molecule has 3 heterocycles. The first-order chi connectivity index (χ1) is 21.8. The van der Waals surface area contributed by atoms with Crippen molar-refractivity contribution in [3.63, 3.8) is 0 Å². The molecule has 0 saturated carbocycles. The summed E-state index contributed by atoms with van der Waals surface area (Å²) in [5, 5.41) is 11.8. The summed E-state index contributed by atoms with van der Waals surface area (Å²) in [5.74, 6) is 0.0207. The lowest BCUT2D eigenvalue weighted by molar-refractivity contribution is 0.0108. The Morgan fingerprint density at radius 2 is 1.51 bits per heavy atom. The van der Waals surface area contributed by atoms with Crippen molar-refractivity contribution >= 4 is 29.5 Å². The van der Waals surface area contributed by atoms with Crippen molar-refractivity contribution in [3.05, 3.63) is 101 Å². The number of piperidine rings is 2. The van der Waals surface area contributed by atoms with Crippen LogP contribution in [0.25, 0.3) is 0 Å². The minimum Gasteiger partial charge on any atom is -0.441 e. The Morgan fingerprint density at radius 3 is 2.16 bits per heavy atom. The van der Waals surface area contributed by atoms with Crippen molar-refractivity contribution in [3.8, 4) is 6.07 Å². The number of nitriles is 1. The molecule has 1 spiro atoms. The van der Waals surface area contributed by atoms with E-state index in [0.29, 0.717) is 81.8 Å². The molecule has 10 heteroatoms. The molecule has 0 aromatic heterocycles. The lowest BCUT2D eigenvalue weighted by Gasteiger charge is -2.37. The van der Waals surface area contributed by atoms with E-state index < -0.39 is 5.60 Å². The molecule has 3 aromatic carbocycles. The summed E-state index contributed by atoms with van der Waals surface area (Å²) in [6, 6.07) is 25.2. The number of rotatable bonds is 6.